The van der Waals surface area contributed by atoms with Gasteiger partial charge in [-0.25, -0.2) is 0 Å². The van der Waals surface area contributed by atoms with Crippen molar-refractivity contribution in [3.8, 4) is 0 Å². The fourth-order valence-electron chi connectivity index (χ4n) is 2.85. The smallest absolute Gasteiger partial charge is 0.307 e. The van der Waals surface area contributed by atoms with Crippen molar-refractivity contribution < 1.29 is 9.90 Å². The molecule has 0 bridgehead atoms. The Balaban J connectivity index is 2.20. The molecular formula is C15H20O2. The summed E-state index contributed by atoms with van der Waals surface area (Å²) in [4.78, 5) is 10.9. The second-order valence-electron chi connectivity index (χ2n) is 4.96. The Morgan fingerprint density at radius 1 is 1.12 bits per heavy atom. The van der Waals surface area contributed by atoms with E-state index in [-0.39, 0.29) is 6.42 Å². The van der Waals surface area contributed by atoms with Gasteiger partial charge in [0, 0.05) is 0 Å². The first-order chi connectivity index (χ1) is 8.27. The number of benzene rings is 1. The van der Waals surface area contributed by atoms with Crippen LogP contribution in [0.3, 0.4) is 0 Å². The number of carbonyl (C=O) groups is 1. The summed E-state index contributed by atoms with van der Waals surface area (Å²) in [6.07, 6.45) is 7.83. The zero-order chi connectivity index (χ0) is 12.1. The lowest BCUT2D eigenvalue weighted by molar-refractivity contribution is -0.136. The molecule has 0 unspecified atom stereocenters. The van der Waals surface area contributed by atoms with Crippen LogP contribution in [-0.2, 0) is 11.2 Å². The standard InChI is InChI=1S/C15H20O2/c16-15(17)11-13-9-5-6-10-14(13)12-7-3-1-2-4-8-12/h5-6,9-10,12H,1-4,7-8,11H2,(H,16,17). The molecule has 1 N–H and O–H groups in total. The molecule has 0 heterocycles. The van der Waals surface area contributed by atoms with Gasteiger partial charge in [0.15, 0.2) is 0 Å². The number of rotatable bonds is 3. The van der Waals surface area contributed by atoms with E-state index in [1.807, 2.05) is 18.2 Å². The molecule has 1 aromatic rings. The van der Waals surface area contributed by atoms with Crippen molar-refractivity contribution in [1.82, 2.24) is 0 Å². The molecule has 2 rings (SSSR count). The van der Waals surface area contributed by atoms with Gasteiger partial charge in [-0.3, -0.25) is 4.79 Å². The minimum atomic E-state index is -0.730. The van der Waals surface area contributed by atoms with Crippen molar-refractivity contribution in [2.24, 2.45) is 0 Å². The maximum absolute atomic E-state index is 10.9. The van der Waals surface area contributed by atoms with Gasteiger partial charge in [-0.2, -0.15) is 0 Å². The maximum atomic E-state index is 10.9. The second kappa shape index (κ2) is 5.85. The Labute approximate surface area is 103 Å². The summed E-state index contributed by atoms with van der Waals surface area (Å²) in [6, 6.07) is 8.06. The van der Waals surface area contributed by atoms with Gasteiger partial charge in [0.1, 0.15) is 0 Å². The molecule has 0 saturated heterocycles. The van der Waals surface area contributed by atoms with Crippen LogP contribution in [-0.4, -0.2) is 11.1 Å². The molecule has 1 aliphatic rings. The molecule has 0 spiro atoms. The Morgan fingerprint density at radius 2 is 1.76 bits per heavy atom. The molecule has 0 aliphatic heterocycles. The predicted molar refractivity (Wildman–Crippen MR) is 68.2 cm³/mol. The predicted octanol–water partition coefficient (Wildman–Crippen LogP) is 3.75. The first kappa shape index (κ1) is 12.2. The lowest BCUT2D eigenvalue weighted by atomic mass is 9.87. The molecule has 1 aliphatic carbocycles. The Hall–Kier alpha value is -1.31. The quantitative estimate of drug-likeness (QED) is 0.806. The lowest BCUT2D eigenvalue weighted by Gasteiger charge is -2.17. The summed E-state index contributed by atoms with van der Waals surface area (Å²) in [7, 11) is 0. The van der Waals surface area contributed by atoms with E-state index in [9.17, 15) is 4.79 Å². The minimum absolute atomic E-state index is 0.159. The van der Waals surface area contributed by atoms with E-state index in [2.05, 4.69) is 6.07 Å². The third kappa shape index (κ3) is 3.32. The maximum Gasteiger partial charge on any atom is 0.307 e. The van der Waals surface area contributed by atoms with Crippen LogP contribution in [0.25, 0.3) is 0 Å². The van der Waals surface area contributed by atoms with E-state index >= 15 is 0 Å². The molecule has 0 atom stereocenters. The van der Waals surface area contributed by atoms with Crippen molar-refractivity contribution >= 4 is 5.97 Å². The van der Waals surface area contributed by atoms with Crippen LogP contribution in [0.15, 0.2) is 24.3 Å². The molecule has 1 fully saturated rings. The van der Waals surface area contributed by atoms with E-state index in [0.29, 0.717) is 5.92 Å². The Kier molecular flexibility index (Phi) is 4.18. The van der Waals surface area contributed by atoms with Crippen molar-refractivity contribution in [2.75, 3.05) is 0 Å². The first-order valence-corrected chi connectivity index (χ1v) is 6.57. The SMILES string of the molecule is O=C(O)Cc1ccccc1C1CCCCCC1. The van der Waals surface area contributed by atoms with Crippen molar-refractivity contribution in [3.63, 3.8) is 0 Å². The summed E-state index contributed by atoms with van der Waals surface area (Å²) >= 11 is 0. The van der Waals surface area contributed by atoms with Crippen LogP contribution in [0.1, 0.15) is 55.6 Å². The molecule has 2 nitrogen and oxygen atoms in total. The zero-order valence-electron chi connectivity index (χ0n) is 10.2. The van der Waals surface area contributed by atoms with E-state index in [0.717, 1.165) is 5.56 Å². The molecule has 1 saturated carbocycles. The minimum Gasteiger partial charge on any atom is -0.481 e. The highest BCUT2D eigenvalue weighted by Crippen LogP contribution is 2.33. The molecule has 2 heteroatoms. The molecule has 0 amide bonds. The largest absolute Gasteiger partial charge is 0.481 e. The average Bonchev–Trinajstić information content (AvgIpc) is 2.57. The fourth-order valence-corrected chi connectivity index (χ4v) is 2.85. The molecular weight excluding hydrogens is 212 g/mol. The normalized spacial score (nSPS) is 17.6. The van der Waals surface area contributed by atoms with Gasteiger partial charge < -0.3 is 5.11 Å². The molecule has 92 valence electrons. The van der Waals surface area contributed by atoms with Crippen LogP contribution in [0.5, 0.6) is 0 Å². The number of aliphatic carboxylic acids is 1. The van der Waals surface area contributed by atoms with Crippen LogP contribution < -0.4 is 0 Å². The van der Waals surface area contributed by atoms with Crippen molar-refractivity contribution in [1.29, 1.82) is 0 Å². The number of carboxylic acid groups (broad SMARTS) is 1. The van der Waals surface area contributed by atoms with Gasteiger partial charge in [-0.1, -0.05) is 49.9 Å². The van der Waals surface area contributed by atoms with Crippen molar-refractivity contribution in [3.05, 3.63) is 35.4 Å². The Morgan fingerprint density at radius 3 is 2.41 bits per heavy atom. The molecule has 0 aromatic heterocycles. The molecule has 17 heavy (non-hydrogen) atoms. The highest BCUT2D eigenvalue weighted by atomic mass is 16.4. The van der Waals surface area contributed by atoms with E-state index < -0.39 is 5.97 Å². The fraction of sp³-hybridized carbons (Fsp3) is 0.533. The van der Waals surface area contributed by atoms with Gasteiger partial charge in [-0.15, -0.1) is 0 Å². The van der Waals surface area contributed by atoms with Crippen LogP contribution in [0.2, 0.25) is 0 Å². The summed E-state index contributed by atoms with van der Waals surface area (Å²) in [6.45, 7) is 0. The number of hydrogen-bond donors (Lipinski definition) is 1. The van der Waals surface area contributed by atoms with Crippen LogP contribution in [0, 0.1) is 0 Å². The topological polar surface area (TPSA) is 37.3 Å². The highest BCUT2D eigenvalue weighted by molar-refractivity contribution is 5.70. The lowest BCUT2D eigenvalue weighted by Crippen LogP contribution is -2.07. The molecule has 1 aromatic carbocycles. The van der Waals surface area contributed by atoms with E-state index in [1.165, 1.54) is 44.1 Å². The number of carboxylic acids is 1. The molecule has 0 radical (unpaired) electrons. The van der Waals surface area contributed by atoms with Gasteiger partial charge in [-0.05, 0) is 29.9 Å². The summed E-state index contributed by atoms with van der Waals surface area (Å²) in [5, 5.41) is 8.95. The third-order valence-corrected chi connectivity index (χ3v) is 3.69. The van der Waals surface area contributed by atoms with E-state index in [4.69, 9.17) is 5.11 Å². The van der Waals surface area contributed by atoms with Gasteiger partial charge >= 0.3 is 5.97 Å². The second-order valence-corrected chi connectivity index (χ2v) is 4.96. The average molecular weight is 232 g/mol. The summed E-state index contributed by atoms with van der Waals surface area (Å²) in [5.41, 5.74) is 2.28. The monoisotopic (exact) mass is 232 g/mol. The third-order valence-electron chi connectivity index (χ3n) is 3.69. The van der Waals surface area contributed by atoms with Gasteiger partial charge in [0.2, 0.25) is 0 Å². The number of hydrogen-bond acceptors (Lipinski definition) is 1. The van der Waals surface area contributed by atoms with Gasteiger partial charge in [0.25, 0.3) is 0 Å². The first-order valence-electron chi connectivity index (χ1n) is 6.57. The van der Waals surface area contributed by atoms with Crippen LogP contribution >= 0.6 is 0 Å². The van der Waals surface area contributed by atoms with Crippen molar-refractivity contribution in [2.45, 2.75) is 50.9 Å². The summed E-state index contributed by atoms with van der Waals surface area (Å²) < 4.78 is 0. The Bertz CT molecular complexity index is 376. The van der Waals surface area contributed by atoms with Gasteiger partial charge in [0.05, 0.1) is 6.42 Å². The highest BCUT2D eigenvalue weighted by Gasteiger charge is 2.17. The summed E-state index contributed by atoms with van der Waals surface area (Å²) in [5.74, 6) is -0.154. The van der Waals surface area contributed by atoms with E-state index in [1.54, 1.807) is 0 Å². The zero-order valence-corrected chi connectivity index (χ0v) is 10.2. The van der Waals surface area contributed by atoms with Crippen LogP contribution in [0.4, 0.5) is 0 Å².